The molecule has 114 valence electrons. The van der Waals surface area contributed by atoms with Gasteiger partial charge < -0.3 is 5.73 Å². The third kappa shape index (κ3) is 2.63. The van der Waals surface area contributed by atoms with E-state index in [1.165, 1.54) is 12.1 Å². The average molecular weight is 364 g/mol. The number of aromatic nitrogens is 2. The summed E-state index contributed by atoms with van der Waals surface area (Å²) in [7, 11) is 0. The van der Waals surface area contributed by atoms with Gasteiger partial charge in [-0.2, -0.15) is 0 Å². The van der Waals surface area contributed by atoms with Crippen LogP contribution in [-0.4, -0.2) is 15.8 Å². The summed E-state index contributed by atoms with van der Waals surface area (Å²) in [6.45, 7) is 1.94. The molecule has 0 saturated heterocycles. The Bertz CT molecular complexity index is 763. The third-order valence-corrected chi connectivity index (χ3v) is 4.65. The molecular formula is C16H15BrFN3O. The Labute approximate surface area is 136 Å². The van der Waals surface area contributed by atoms with Gasteiger partial charge >= 0.3 is 0 Å². The van der Waals surface area contributed by atoms with Crippen molar-refractivity contribution in [2.24, 2.45) is 0 Å². The van der Waals surface area contributed by atoms with Crippen molar-refractivity contribution >= 4 is 27.7 Å². The summed E-state index contributed by atoms with van der Waals surface area (Å²) in [6, 6.07) is 4.54. The van der Waals surface area contributed by atoms with E-state index in [-0.39, 0.29) is 23.5 Å². The Morgan fingerprint density at radius 2 is 2.14 bits per heavy atom. The van der Waals surface area contributed by atoms with Gasteiger partial charge in [-0.05, 0) is 36.5 Å². The molecular weight excluding hydrogens is 349 g/mol. The number of rotatable bonds is 2. The van der Waals surface area contributed by atoms with E-state index in [1.54, 1.807) is 6.07 Å². The van der Waals surface area contributed by atoms with E-state index < -0.39 is 0 Å². The number of carbonyl (C=O) groups excluding carboxylic acids is 1. The van der Waals surface area contributed by atoms with E-state index in [1.807, 2.05) is 6.92 Å². The quantitative estimate of drug-likeness (QED) is 0.887. The minimum absolute atomic E-state index is 0.0272. The van der Waals surface area contributed by atoms with Crippen LogP contribution in [0.15, 0.2) is 22.7 Å². The van der Waals surface area contributed by atoms with Crippen LogP contribution < -0.4 is 5.73 Å². The van der Waals surface area contributed by atoms with E-state index >= 15 is 0 Å². The molecule has 1 aliphatic rings. The molecule has 22 heavy (non-hydrogen) atoms. The predicted molar refractivity (Wildman–Crippen MR) is 85.3 cm³/mol. The number of hydrogen-bond acceptors (Lipinski definition) is 4. The smallest absolute Gasteiger partial charge is 0.220 e. The number of hydrogen-bond donors (Lipinski definition) is 1. The number of benzene rings is 1. The molecule has 0 bridgehead atoms. The molecule has 1 heterocycles. The molecule has 2 aromatic rings. The number of aryl methyl sites for hydroxylation is 1. The number of Topliss-reactive ketones (excluding diaryl/α,β-unsaturated/α-hetero) is 1. The highest BCUT2D eigenvalue weighted by atomic mass is 79.9. The monoisotopic (exact) mass is 363 g/mol. The van der Waals surface area contributed by atoms with Gasteiger partial charge in [0.2, 0.25) is 5.95 Å². The van der Waals surface area contributed by atoms with Crippen molar-refractivity contribution in [1.82, 2.24) is 9.97 Å². The zero-order valence-corrected chi connectivity index (χ0v) is 13.7. The number of halogens is 2. The first kappa shape index (κ1) is 15.1. The molecule has 0 radical (unpaired) electrons. The molecule has 1 aliphatic carbocycles. The van der Waals surface area contributed by atoms with Crippen molar-refractivity contribution in [3.63, 3.8) is 0 Å². The van der Waals surface area contributed by atoms with Crippen LogP contribution in [0.25, 0.3) is 0 Å². The minimum atomic E-state index is -0.307. The highest BCUT2D eigenvalue weighted by Gasteiger charge is 2.31. The van der Waals surface area contributed by atoms with E-state index in [4.69, 9.17) is 5.73 Å². The van der Waals surface area contributed by atoms with Crippen LogP contribution in [0.1, 0.15) is 46.6 Å². The molecule has 0 amide bonds. The zero-order chi connectivity index (χ0) is 15.9. The molecule has 4 nitrogen and oxygen atoms in total. The van der Waals surface area contributed by atoms with Crippen molar-refractivity contribution < 1.29 is 9.18 Å². The first-order valence-electron chi connectivity index (χ1n) is 7.13. The number of carbonyl (C=O) groups is 1. The van der Waals surface area contributed by atoms with Crippen LogP contribution in [0.5, 0.6) is 0 Å². The Kier molecular flexibility index (Phi) is 3.95. The van der Waals surface area contributed by atoms with Gasteiger partial charge in [0.1, 0.15) is 5.82 Å². The van der Waals surface area contributed by atoms with Crippen LogP contribution in [0.3, 0.4) is 0 Å². The molecule has 1 atom stereocenters. The maximum absolute atomic E-state index is 13.2. The average Bonchev–Trinajstić information content (AvgIpc) is 2.45. The van der Waals surface area contributed by atoms with Gasteiger partial charge in [-0.1, -0.05) is 28.9 Å². The highest BCUT2D eigenvalue weighted by Crippen LogP contribution is 2.36. The Morgan fingerprint density at radius 3 is 2.82 bits per heavy atom. The minimum Gasteiger partial charge on any atom is -0.368 e. The van der Waals surface area contributed by atoms with Crippen LogP contribution in [0, 0.1) is 5.82 Å². The van der Waals surface area contributed by atoms with Crippen molar-refractivity contribution in [3.05, 3.63) is 51.0 Å². The van der Waals surface area contributed by atoms with E-state index in [0.29, 0.717) is 40.7 Å². The van der Waals surface area contributed by atoms with Gasteiger partial charge in [0.05, 0.1) is 17.0 Å². The molecule has 1 unspecified atom stereocenters. The largest absolute Gasteiger partial charge is 0.368 e. The maximum Gasteiger partial charge on any atom is 0.220 e. The molecule has 0 spiro atoms. The van der Waals surface area contributed by atoms with Gasteiger partial charge in [0.15, 0.2) is 5.78 Å². The molecule has 6 heteroatoms. The summed E-state index contributed by atoms with van der Waals surface area (Å²) in [5.41, 5.74) is 8.68. The standard InChI is InChI=1S/C16H15BrFN3O/c1-2-12-15-13(21-16(19)20-12)5-8(6-14(15)22)10-4-3-9(18)7-11(10)17/h3-4,7-8H,2,5-6H2,1H3,(H2,19,20,21). The van der Waals surface area contributed by atoms with Crippen LogP contribution >= 0.6 is 15.9 Å². The number of fused-ring (bicyclic) bond motifs is 1. The number of nitrogens with zero attached hydrogens (tertiary/aromatic N) is 2. The fraction of sp³-hybridized carbons (Fsp3) is 0.312. The Balaban J connectivity index is 2.04. The normalized spacial score (nSPS) is 17.4. The summed E-state index contributed by atoms with van der Waals surface area (Å²) in [5, 5.41) is 0. The number of ketones is 1. The van der Waals surface area contributed by atoms with Crippen molar-refractivity contribution in [3.8, 4) is 0 Å². The molecule has 2 N–H and O–H groups in total. The summed E-state index contributed by atoms with van der Waals surface area (Å²) in [5.74, 6) is -0.117. The molecule has 0 fully saturated rings. The lowest BCUT2D eigenvalue weighted by atomic mass is 9.81. The number of anilines is 1. The van der Waals surface area contributed by atoms with Gasteiger partial charge in [-0.15, -0.1) is 0 Å². The van der Waals surface area contributed by atoms with Crippen molar-refractivity contribution in [2.75, 3.05) is 5.73 Å². The molecule has 0 saturated carbocycles. The van der Waals surface area contributed by atoms with E-state index in [9.17, 15) is 9.18 Å². The summed E-state index contributed by atoms with van der Waals surface area (Å²) in [4.78, 5) is 20.9. The first-order chi connectivity index (χ1) is 10.5. The lowest BCUT2D eigenvalue weighted by Crippen LogP contribution is -2.23. The van der Waals surface area contributed by atoms with E-state index in [0.717, 1.165) is 5.56 Å². The second-order valence-corrected chi connectivity index (χ2v) is 6.25. The van der Waals surface area contributed by atoms with Crippen LogP contribution in [0.2, 0.25) is 0 Å². The van der Waals surface area contributed by atoms with Crippen LogP contribution in [0.4, 0.5) is 10.3 Å². The van der Waals surface area contributed by atoms with E-state index in [2.05, 4.69) is 25.9 Å². The summed E-state index contributed by atoms with van der Waals surface area (Å²) >= 11 is 3.38. The van der Waals surface area contributed by atoms with Crippen LogP contribution in [-0.2, 0) is 12.8 Å². The van der Waals surface area contributed by atoms with Gasteiger partial charge in [0, 0.05) is 10.9 Å². The predicted octanol–water partition coefficient (Wildman–Crippen LogP) is 3.44. The summed E-state index contributed by atoms with van der Waals surface area (Å²) < 4.78 is 13.9. The number of nitrogens with two attached hydrogens (primary N) is 1. The maximum atomic E-state index is 13.2. The Morgan fingerprint density at radius 1 is 1.36 bits per heavy atom. The fourth-order valence-electron chi connectivity index (χ4n) is 2.99. The lowest BCUT2D eigenvalue weighted by Gasteiger charge is -2.25. The van der Waals surface area contributed by atoms with Crippen molar-refractivity contribution in [2.45, 2.75) is 32.1 Å². The second-order valence-electron chi connectivity index (χ2n) is 5.40. The van der Waals surface area contributed by atoms with Gasteiger partial charge in [-0.3, -0.25) is 4.79 Å². The number of nitrogen functional groups attached to an aromatic ring is 1. The third-order valence-electron chi connectivity index (χ3n) is 3.96. The lowest BCUT2D eigenvalue weighted by molar-refractivity contribution is 0.0961. The molecule has 3 rings (SSSR count). The van der Waals surface area contributed by atoms with Crippen molar-refractivity contribution in [1.29, 1.82) is 0 Å². The zero-order valence-electron chi connectivity index (χ0n) is 12.1. The Hall–Kier alpha value is -1.82. The van der Waals surface area contributed by atoms with Gasteiger partial charge in [0.25, 0.3) is 0 Å². The fourth-order valence-corrected chi connectivity index (χ4v) is 3.66. The SMILES string of the molecule is CCc1nc(N)nc2c1C(=O)CC(c1ccc(F)cc1Br)C2. The first-order valence-corrected chi connectivity index (χ1v) is 7.92. The second kappa shape index (κ2) is 5.76. The van der Waals surface area contributed by atoms with Gasteiger partial charge in [-0.25, -0.2) is 14.4 Å². The molecule has 1 aromatic heterocycles. The summed E-state index contributed by atoms with van der Waals surface area (Å²) in [6.07, 6.45) is 1.62. The molecule has 0 aliphatic heterocycles. The highest BCUT2D eigenvalue weighted by molar-refractivity contribution is 9.10. The molecule has 1 aromatic carbocycles. The topological polar surface area (TPSA) is 68.9 Å².